The van der Waals surface area contributed by atoms with Gasteiger partial charge < -0.3 is 5.73 Å². The van der Waals surface area contributed by atoms with Gasteiger partial charge in [0.25, 0.3) is 0 Å². The van der Waals surface area contributed by atoms with Gasteiger partial charge in [-0.1, -0.05) is 33.1 Å². The summed E-state index contributed by atoms with van der Waals surface area (Å²) in [7, 11) is 0. The van der Waals surface area contributed by atoms with E-state index in [4.69, 9.17) is 10.7 Å². The highest BCUT2D eigenvalue weighted by molar-refractivity contribution is 7.11. The summed E-state index contributed by atoms with van der Waals surface area (Å²) >= 11 is 1.87. The molecule has 1 saturated carbocycles. The largest absolute Gasteiger partial charge is 0.326 e. The molecule has 1 aliphatic rings. The summed E-state index contributed by atoms with van der Waals surface area (Å²) in [5.74, 6) is 1.58. The Hall–Kier alpha value is -0.410. The fourth-order valence-corrected chi connectivity index (χ4v) is 3.97. The molecular formula is C14H24N2S. The SMILES string of the molecule is CCCc1nc(C2CCCC(C)C2)sc1CN. The van der Waals surface area contributed by atoms with Crippen LogP contribution in [0.5, 0.6) is 0 Å². The summed E-state index contributed by atoms with van der Waals surface area (Å²) in [6.07, 6.45) is 7.67. The van der Waals surface area contributed by atoms with Crippen molar-refractivity contribution in [2.24, 2.45) is 11.7 Å². The first-order valence-electron chi connectivity index (χ1n) is 6.93. The first-order valence-corrected chi connectivity index (χ1v) is 7.74. The molecule has 1 aromatic rings. The van der Waals surface area contributed by atoms with Crippen LogP contribution in [0, 0.1) is 5.92 Å². The molecule has 2 nitrogen and oxygen atoms in total. The second kappa shape index (κ2) is 5.96. The highest BCUT2D eigenvalue weighted by Crippen LogP contribution is 2.38. The second-order valence-electron chi connectivity index (χ2n) is 5.34. The summed E-state index contributed by atoms with van der Waals surface area (Å²) in [6, 6.07) is 0. The average molecular weight is 252 g/mol. The molecule has 2 N–H and O–H groups in total. The predicted octanol–water partition coefficient (Wildman–Crippen LogP) is 3.85. The van der Waals surface area contributed by atoms with E-state index in [1.54, 1.807) is 0 Å². The zero-order valence-corrected chi connectivity index (χ0v) is 11.9. The van der Waals surface area contributed by atoms with Gasteiger partial charge in [-0.2, -0.15) is 0 Å². The minimum Gasteiger partial charge on any atom is -0.326 e. The molecule has 0 saturated heterocycles. The van der Waals surface area contributed by atoms with Crippen LogP contribution in [0.25, 0.3) is 0 Å². The first-order chi connectivity index (χ1) is 8.24. The Kier molecular flexibility index (Phi) is 4.57. The molecular weight excluding hydrogens is 228 g/mol. The van der Waals surface area contributed by atoms with Gasteiger partial charge >= 0.3 is 0 Å². The third-order valence-corrected chi connectivity index (χ3v) is 5.04. The van der Waals surface area contributed by atoms with Gasteiger partial charge in [-0.25, -0.2) is 4.98 Å². The van der Waals surface area contributed by atoms with Crippen LogP contribution in [0.4, 0.5) is 0 Å². The molecule has 2 atom stereocenters. The molecule has 0 aromatic carbocycles. The molecule has 2 unspecified atom stereocenters. The highest BCUT2D eigenvalue weighted by Gasteiger charge is 2.24. The van der Waals surface area contributed by atoms with E-state index in [2.05, 4.69) is 13.8 Å². The molecule has 0 spiro atoms. The fraction of sp³-hybridized carbons (Fsp3) is 0.786. The van der Waals surface area contributed by atoms with Crippen molar-refractivity contribution in [1.29, 1.82) is 0 Å². The van der Waals surface area contributed by atoms with Crippen molar-refractivity contribution in [3.8, 4) is 0 Å². The van der Waals surface area contributed by atoms with Crippen molar-refractivity contribution in [3.63, 3.8) is 0 Å². The van der Waals surface area contributed by atoms with Gasteiger partial charge in [-0.05, 0) is 25.2 Å². The molecule has 0 aliphatic heterocycles. The molecule has 17 heavy (non-hydrogen) atoms. The lowest BCUT2D eigenvalue weighted by molar-refractivity contribution is 0.343. The third-order valence-electron chi connectivity index (χ3n) is 3.75. The number of nitrogens with zero attached hydrogens (tertiary/aromatic N) is 1. The summed E-state index contributed by atoms with van der Waals surface area (Å²) < 4.78 is 0. The molecule has 1 heterocycles. The van der Waals surface area contributed by atoms with Gasteiger partial charge in [-0.15, -0.1) is 11.3 Å². The second-order valence-corrected chi connectivity index (χ2v) is 6.46. The van der Waals surface area contributed by atoms with E-state index in [1.165, 1.54) is 41.3 Å². The summed E-state index contributed by atoms with van der Waals surface area (Å²) in [6.45, 7) is 5.24. The molecule has 3 heteroatoms. The van der Waals surface area contributed by atoms with E-state index >= 15 is 0 Å². The summed E-state index contributed by atoms with van der Waals surface area (Å²) in [5.41, 5.74) is 7.09. The molecule has 1 aliphatic carbocycles. The summed E-state index contributed by atoms with van der Waals surface area (Å²) in [5, 5.41) is 1.36. The van der Waals surface area contributed by atoms with Gasteiger partial charge in [0.15, 0.2) is 0 Å². The Morgan fingerprint density at radius 1 is 1.41 bits per heavy atom. The van der Waals surface area contributed by atoms with Crippen LogP contribution in [-0.4, -0.2) is 4.98 Å². The maximum atomic E-state index is 5.82. The number of hydrogen-bond acceptors (Lipinski definition) is 3. The zero-order valence-electron chi connectivity index (χ0n) is 11.0. The highest BCUT2D eigenvalue weighted by atomic mass is 32.1. The smallest absolute Gasteiger partial charge is 0.0962 e. The van der Waals surface area contributed by atoms with Crippen molar-refractivity contribution in [2.75, 3.05) is 0 Å². The van der Waals surface area contributed by atoms with Crippen LogP contribution in [0.3, 0.4) is 0 Å². The van der Waals surface area contributed by atoms with Gasteiger partial charge in [-0.3, -0.25) is 0 Å². The Morgan fingerprint density at radius 2 is 2.24 bits per heavy atom. The number of aryl methyl sites for hydroxylation is 1. The average Bonchev–Trinajstić information content (AvgIpc) is 2.73. The van der Waals surface area contributed by atoms with Crippen molar-refractivity contribution < 1.29 is 0 Å². The molecule has 2 rings (SSSR count). The van der Waals surface area contributed by atoms with E-state index in [0.29, 0.717) is 12.5 Å². The van der Waals surface area contributed by atoms with Crippen molar-refractivity contribution in [3.05, 3.63) is 15.6 Å². The zero-order chi connectivity index (χ0) is 12.3. The Balaban J connectivity index is 2.14. The summed E-state index contributed by atoms with van der Waals surface area (Å²) in [4.78, 5) is 6.19. The van der Waals surface area contributed by atoms with Gasteiger partial charge in [0.1, 0.15) is 0 Å². The van der Waals surface area contributed by atoms with Crippen LogP contribution in [0.1, 0.15) is 67.4 Å². The van der Waals surface area contributed by atoms with E-state index in [9.17, 15) is 0 Å². The lowest BCUT2D eigenvalue weighted by Crippen LogP contribution is -2.11. The van der Waals surface area contributed by atoms with Gasteiger partial charge in [0.2, 0.25) is 0 Å². The number of hydrogen-bond donors (Lipinski definition) is 1. The number of aromatic nitrogens is 1. The minimum absolute atomic E-state index is 0.662. The van der Waals surface area contributed by atoms with E-state index < -0.39 is 0 Å². The fourth-order valence-electron chi connectivity index (χ4n) is 2.83. The van der Waals surface area contributed by atoms with Crippen LogP contribution in [0.2, 0.25) is 0 Å². The van der Waals surface area contributed by atoms with Crippen LogP contribution in [-0.2, 0) is 13.0 Å². The lowest BCUT2D eigenvalue weighted by Gasteiger charge is -2.24. The minimum atomic E-state index is 0.662. The number of rotatable bonds is 4. The molecule has 0 radical (unpaired) electrons. The van der Waals surface area contributed by atoms with E-state index in [-0.39, 0.29) is 0 Å². The van der Waals surface area contributed by atoms with Crippen LogP contribution >= 0.6 is 11.3 Å². The Bertz CT molecular complexity index is 359. The maximum absolute atomic E-state index is 5.82. The Morgan fingerprint density at radius 3 is 2.88 bits per heavy atom. The standard InChI is InChI=1S/C14H24N2S/c1-3-5-12-13(9-15)17-14(16-12)11-7-4-6-10(2)8-11/h10-11H,3-9,15H2,1-2H3. The Labute approximate surface area is 109 Å². The van der Waals surface area contributed by atoms with E-state index in [0.717, 1.165) is 18.8 Å². The monoisotopic (exact) mass is 252 g/mol. The normalized spacial score (nSPS) is 25.1. The van der Waals surface area contributed by atoms with Gasteiger partial charge in [0, 0.05) is 17.3 Å². The van der Waals surface area contributed by atoms with Crippen molar-refractivity contribution in [2.45, 2.75) is 64.8 Å². The van der Waals surface area contributed by atoms with Crippen molar-refractivity contribution in [1.82, 2.24) is 4.98 Å². The lowest BCUT2D eigenvalue weighted by atomic mass is 9.83. The van der Waals surface area contributed by atoms with E-state index in [1.807, 2.05) is 11.3 Å². The molecule has 0 bridgehead atoms. The van der Waals surface area contributed by atoms with Crippen LogP contribution < -0.4 is 5.73 Å². The van der Waals surface area contributed by atoms with Crippen molar-refractivity contribution >= 4 is 11.3 Å². The molecule has 1 aromatic heterocycles. The molecule has 0 amide bonds. The maximum Gasteiger partial charge on any atom is 0.0962 e. The molecule has 96 valence electrons. The number of thiazole rings is 1. The molecule has 1 fully saturated rings. The van der Waals surface area contributed by atoms with Crippen LogP contribution in [0.15, 0.2) is 0 Å². The quantitative estimate of drug-likeness (QED) is 0.884. The predicted molar refractivity (Wildman–Crippen MR) is 74.4 cm³/mol. The first kappa shape index (κ1) is 13.0. The number of nitrogens with two attached hydrogens (primary N) is 1. The van der Waals surface area contributed by atoms with Gasteiger partial charge in [0.05, 0.1) is 10.7 Å². The topological polar surface area (TPSA) is 38.9 Å². The third kappa shape index (κ3) is 3.08.